The summed E-state index contributed by atoms with van der Waals surface area (Å²) in [6.07, 6.45) is 1.06. The van der Waals surface area contributed by atoms with Crippen LogP contribution in [0, 0.1) is 0 Å². The predicted molar refractivity (Wildman–Crippen MR) is 26.5 cm³/mol. The van der Waals surface area contributed by atoms with E-state index in [9.17, 15) is 4.79 Å². The zero-order valence-corrected chi connectivity index (χ0v) is 4.39. The fourth-order valence-corrected chi connectivity index (χ4v) is 0.353. The quantitative estimate of drug-likeness (QED) is 0.469. The smallest absolute Gasteiger partial charge is 0.324 e. The number of nitrogens with one attached hydrogen (secondary N) is 2. The standard InChI is InChI=1S/C4H6N2O2/c1-3-2-5-4(7)8-6-3/h2,6H,1H3,(H,5,7). The molecule has 0 aromatic carbocycles. The minimum atomic E-state index is -0.476. The molecule has 0 bridgehead atoms. The lowest BCUT2D eigenvalue weighted by Crippen LogP contribution is -2.32. The van der Waals surface area contributed by atoms with E-state index < -0.39 is 6.09 Å². The molecule has 44 valence electrons. The number of hydroxylamine groups is 1. The van der Waals surface area contributed by atoms with Gasteiger partial charge in [-0.2, -0.15) is 0 Å². The van der Waals surface area contributed by atoms with Crippen molar-refractivity contribution < 1.29 is 9.63 Å². The third-order valence-electron chi connectivity index (χ3n) is 0.711. The third-order valence-corrected chi connectivity index (χ3v) is 0.711. The van der Waals surface area contributed by atoms with Gasteiger partial charge in [-0.3, -0.25) is 5.32 Å². The van der Waals surface area contributed by atoms with E-state index in [0.29, 0.717) is 0 Å². The lowest BCUT2D eigenvalue weighted by atomic mass is 10.5. The number of carbonyl (C=O) groups excluding carboxylic acids is 1. The van der Waals surface area contributed by atoms with Crippen LogP contribution >= 0.6 is 0 Å². The van der Waals surface area contributed by atoms with Crippen LogP contribution in [-0.2, 0) is 4.84 Å². The third kappa shape index (κ3) is 0.900. The van der Waals surface area contributed by atoms with Gasteiger partial charge in [-0.15, -0.1) is 0 Å². The fraction of sp³-hybridized carbons (Fsp3) is 0.250. The zero-order chi connectivity index (χ0) is 5.98. The summed E-state index contributed by atoms with van der Waals surface area (Å²) < 4.78 is 0. The van der Waals surface area contributed by atoms with Crippen LogP contribution in [0.25, 0.3) is 0 Å². The Morgan fingerprint density at radius 1 is 1.75 bits per heavy atom. The number of hydrogen-bond acceptors (Lipinski definition) is 3. The Balaban J connectivity index is 2.55. The molecule has 1 rings (SSSR count). The summed E-state index contributed by atoms with van der Waals surface area (Å²) in [7, 11) is 0. The average molecular weight is 114 g/mol. The van der Waals surface area contributed by atoms with Crippen LogP contribution in [0.4, 0.5) is 4.79 Å². The van der Waals surface area contributed by atoms with Crippen LogP contribution in [0.1, 0.15) is 6.92 Å². The molecule has 0 aliphatic carbocycles. The highest BCUT2D eigenvalue weighted by atomic mass is 16.7. The summed E-state index contributed by atoms with van der Waals surface area (Å²) in [5, 5.41) is 2.35. The molecule has 1 aliphatic rings. The highest BCUT2D eigenvalue weighted by molar-refractivity contribution is 5.69. The van der Waals surface area contributed by atoms with Crippen LogP contribution in [0.3, 0.4) is 0 Å². The predicted octanol–water partition coefficient (Wildman–Crippen LogP) is 0.0921. The monoisotopic (exact) mass is 114 g/mol. The average Bonchev–Trinajstić information content (AvgIpc) is 1.77. The van der Waals surface area contributed by atoms with Gasteiger partial charge in [0.2, 0.25) is 0 Å². The van der Waals surface area contributed by atoms with E-state index in [4.69, 9.17) is 0 Å². The van der Waals surface area contributed by atoms with Crippen molar-refractivity contribution in [3.63, 3.8) is 0 Å². The van der Waals surface area contributed by atoms with Gasteiger partial charge in [0.1, 0.15) is 0 Å². The van der Waals surface area contributed by atoms with Crippen LogP contribution in [0.2, 0.25) is 0 Å². The SMILES string of the molecule is CC1=CNC(=O)ON1. The van der Waals surface area contributed by atoms with Gasteiger partial charge in [0.05, 0.1) is 5.70 Å². The van der Waals surface area contributed by atoms with Crippen molar-refractivity contribution in [2.45, 2.75) is 6.92 Å². The summed E-state index contributed by atoms with van der Waals surface area (Å²) in [6, 6.07) is 0. The number of allylic oxidation sites excluding steroid dienone is 1. The molecule has 0 unspecified atom stereocenters. The summed E-state index contributed by atoms with van der Waals surface area (Å²) in [6.45, 7) is 1.78. The van der Waals surface area contributed by atoms with Crippen LogP contribution in [0.15, 0.2) is 11.9 Å². The minimum Gasteiger partial charge on any atom is -0.324 e. The van der Waals surface area contributed by atoms with Gasteiger partial charge in [0.25, 0.3) is 0 Å². The van der Waals surface area contributed by atoms with Gasteiger partial charge in [-0.25, -0.2) is 10.3 Å². The second-order valence-electron chi connectivity index (χ2n) is 1.46. The van der Waals surface area contributed by atoms with Crippen LogP contribution in [0.5, 0.6) is 0 Å². The molecule has 1 aliphatic heterocycles. The first-order chi connectivity index (χ1) is 3.79. The van der Waals surface area contributed by atoms with Crippen molar-refractivity contribution in [2.75, 3.05) is 0 Å². The van der Waals surface area contributed by atoms with Crippen molar-refractivity contribution in [1.82, 2.24) is 10.8 Å². The van der Waals surface area contributed by atoms with Gasteiger partial charge in [-0.05, 0) is 6.92 Å². The molecule has 0 spiro atoms. The Morgan fingerprint density at radius 3 is 2.88 bits per heavy atom. The maximum Gasteiger partial charge on any atom is 0.435 e. The molecule has 4 heteroatoms. The van der Waals surface area contributed by atoms with E-state index in [2.05, 4.69) is 15.6 Å². The van der Waals surface area contributed by atoms with Crippen LogP contribution < -0.4 is 10.8 Å². The molecule has 0 radical (unpaired) electrons. The number of amides is 1. The normalized spacial score (nSPS) is 17.6. The Morgan fingerprint density at radius 2 is 2.50 bits per heavy atom. The minimum absolute atomic E-state index is 0.476. The number of carbonyl (C=O) groups is 1. The van der Waals surface area contributed by atoms with Crippen molar-refractivity contribution in [1.29, 1.82) is 0 Å². The molecule has 0 aromatic rings. The largest absolute Gasteiger partial charge is 0.435 e. The molecule has 4 nitrogen and oxygen atoms in total. The Bertz CT molecular complexity index is 141. The molecule has 1 heterocycles. The van der Waals surface area contributed by atoms with Gasteiger partial charge in [0, 0.05) is 6.20 Å². The second kappa shape index (κ2) is 1.73. The highest BCUT2D eigenvalue weighted by Crippen LogP contribution is 1.89. The fourth-order valence-electron chi connectivity index (χ4n) is 0.353. The first kappa shape index (κ1) is 4.96. The van der Waals surface area contributed by atoms with E-state index in [1.807, 2.05) is 0 Å². The van der Waals surface area contributed by atoms with E-state index in [0.717, 1.165) is 5.70 Å². The molecule has 0 saturated heterocycles. The first-order valence-corrected chi connectivity index (χ1v) is 2.19. The zero-order valence-electron chi connectivity index (χ0n) is 4.39. The molecule has 2 N–H and O–H groups in total. The lowest BCUT2D eigenvalue weighted by Gasteiger charge is -2.10. The number of hydrogen-bond donors (Lipinski definition) is 2. The van der Waals surface area contributed by atoms with Gasteiger partial charge >= 0.3 is 6.09 Å². The van der Waals surface area contributed by atoms with Crippen molar-refractivity contribution in [2.24, 2.45) is 0 Å². The van der Waals surface area contributed by atoms with E-state index >= 15 is 0 Å². The van der Waals surface area contributed by atoms with Gasteiger partial charge < -0.3 is 4.84 Å². The summed E-state index contributed by atoms with van der Waals surface area (Å²) in [4.78, 5) is 14.5. The summed E-state index contributed by atoms with van der Waals surface area (Å²) in [5.74, 6) is 0. The topological polar surface area (TPSA) is 50.4 Å². The lowest BCUT2D eigenvalue weighted by molar-refractivity contribution is 0.101. The molecule has 0 atom stereocenters. The van der Waals surface area contributed by atoms with Crippen molar-refractivity contribution >= 4 is 6.09 Å². The van der Waals surface area contributed by atoms with E-state index in [1.165, 1.54) is 6.20 Å². The van der Waals surface area contributed by atoms with Gasteiger partial charge in [0.15, 0.2) is 0 Å². The Kier molecular flexibility index (Phi) is 1.07. The molecule has 0 fully saturated rings. The highest BCUT2D eigenvalue weighted by Gasteiger charge is 2.03. The maximum atomic E-state index is 10.2. The Labute approximate surface area is 46.5 Å². The first-order valence-electron chi connectivity index (χ1n) is 2.19. The molecule has 0 saturated carbocycles. The molecular formula is C4H6N2O2. The molecule has 0 aromatic heterocycles. The Hall–Kier alpha value is -1.19. The van der Waals surface area contributed by atoms with E-state index in [1.54, 1.807) is 6.92 Å². The van der Waals surface area contributed by atoms with Gasteiger partial charge in [-0.1, -0.05) is 0 Å². The summed E-state index contributed by atoms with van der Waals surface area (Å²) in [5.41, 5.74) is 3.16. The number of rotatable bonds is 0. The van der Waals surface area contributed by atoms with Crippen molar-refractivity contribution in [3.05, 3.63) is 11.9 Å². The summed E-state index contributed by atoms with van der Waals surface area (Å²) >= 11 is 0. The maximum absolute atomic E-state index is 10.2. The molecule has 1 amide bonds. The van der Waals surface area contributed by atoms with E-state index in [-0.39, 0.29) is 0 Å². The second-order valence-corrected chi connectivity index (χ2v) is 1.46. The molecular weight excluding hydrogens is 108 g/mol. The van der Waals surface area contributed by atoms with Crippen LogP contribution in [-0.4, -0.2) is 6.09 Å². The molecule has 8 heavy (non-hydrogen) atoms. The van der Waals surface area contributed by atoms with Crippen molar-refractivity contribution in [3.8, 4) is 0 Å².